The van der Waals surface area contributed by atoms with Crippen LogP contribution in [0.15, 0.2) is 0 Å². The average molecular weight is 239 g/mol. The van der Waals surface area contributed by atoms with Gasteiger partial charge in [0.1, 0.15) is 0 Å². The fourth-order valence-corrected chi connectivity index (χ4v) is 2.83. The third-order valence-corrected chi connectivity index (χ3v) is 3.91. The third-order valence-electron chi connectivity index (χ3n) is 3.91. The highest BCUT2D eigenvalue weighted by atomic mass is 16.2. The van der Waals surface area contributed by atoms with Crippen molar-refractivity contribution < 1.29 is 4.79 Å². The maximum Gasteiger partial charge on any atom is 0.236 e. The number of amides is 1. The van der Waals surface area contributed by atoms with Crippen LogP contribution in [0.3, 0.4) is 0 Å². The van der Waals surface area contributed by atoms with Crippen LogP contribution in [0.4, 0.5) is 0 Å². The lowest BCUT2D eigenvalue weighted by Crippen LogP contribution is -2.42. The summed E-state index contributed by atoms with van der Waals surface area (Å²) in [6, 6.07) is 0. The van der Waals surface area contributed by atoms with Gasteiger partial charge in [-0.25, -0.2) is 0 Å². The van der Waals surface area contributed by atoms with Gasteiger partial charge in [-0.05, 0) is 51.7 Å². The van der Waals surface area contributed by atoms with Crippen LogP contribution in [-0.4, -0.2) is 62.0 Å². The van der Waals surface area contributed by atoms with E-state index in [1.54, 1.807) is 0 Å². The fraction of sp³-hybridized carbons (Fsp3) is 0.923. The Balaban J connectivity index is 1.59. The zero-order valence-corrected chi connectivity index (χ0v) is 11.0. The van der Waals surface area contributed by atoms with E-state index in [-0.39, 0.29) is 5.91 Å². The SMILES string of the molecule is CN1CCC(CNCC(=O)N2CCCCC2)C1. The quantitative estimate of drug-likeness (QED) is 0.778. The maximum absolute atomic E-state index is 11.9. The molecule has 1 amide bonds. The lowest BCUT2D eigenvalue weighted by Gasteiger charge is -2.27. The molecule has 0 aromatic heterocycles. The summed E-state index contributed by atoms with van der Waals surface area (Å²) >= 11 is 0. The lowest BCUT2D eigenvalue weighted by molar-refractivity contribution is -0.131. The molecule has 17 heavy (non-hydrogen) atoms. The monoisotopic (exact) mass is 239 g/mol. The van der Waals surface area contributed by atoms with E-state index in [9.17, 15) is 4.79 Å². The number of nitrogens with one attached hydrogen (secondary N) is 1. The van der Waals surface area contributed by atoms with Gasteiger partial charge in [0, 0.05) is 19.6 Å². The Bertz CT molecular complexity index is 251. The summed E-state index contributed by atoms with van der Waals surface area (Å²) in [7, 11) is 2.17. The van der Waals surface area contributed by atoms with E-state index < -0.39 is 0 Å². The molecule has 2 aliphatic heterocycles. The molecule has 2 aliphatic rings. The molecule has 1 unspecified atom stereocenters. The lowest BCUT2D eigenvalue weighted by atomic mass is 10.1. The smallest absolute Gasteiger partial charge is 0.236 e. The van der Waals surface area contributed by atoms with Crippen LogP contribution < -0.4 is 5.32 Å². The Morgan fingerprint density at radius 3 is 2.65 bits per heavy atom. The number of likely N-dealkylation sites (tertiary alicyclic amines) is 2. The summed E-state index contributed by atoms with van der Waals surface area (Å²) < 4.78 is 0. The largest absolute Gasteiger partial charge is 0.342 e. The Labute approximate surface area is 104 Å². The van der Waals surface area contributed by atoms with E-state index >= 15 is 0 Å². The summed E-state index contributed by atoms with van der Waals surface area (Å²) in [5.74, 6) is 1.02. The molecule has 2 saturated heterocycles. The van der Waals surface area contributed by atoms with Crippen molar-refractivity contribution in [2.75, 3.05) is 46.3 Å². The van der Waals surface area contributed by atoms with Gasteiger partial charge < -0.3 is 15.1 Å². The van der Waals surface area contributed by atoms with Crippen LogP contribution >= 0.6 is 0 Å². The van der Waals surface area contributed by atoms with Gasteiger partial charge in [-0.1, -0.05) is 0 Å². The van der Waals surface area contributed by atoms with Crippen molar-refractivity contribution in [2.24, 2.45) is 5.92 Å². The van der Waals surface area contributed by atoms with Crippen molar-refractivity contribution in [1.29, 1.82) is 0 Å². The van der Waals surface area contributed by atoms with Crippen LogP contribution in [0, 0.1) is 5.92 Å². The molecule has 0 saturated carbocycles. The summed E-state index contributed by atoms with van der Waals surface area (Å²) in [6.45, 7) is 5.82. The van der Waals surface area contributed by atoms with Crippen molar-refractivity contribution in [2.45, 2.75) is 25.7 Å². The molecule has 2 heterocycles. The van der Waals surface area contributed by atoms with Crippen molar-refractivity contribution in [3.05, 3.63) is 0 Å². The van der Waals surface area contributed by atoms with Crippen molar-refractivity contribution >= 4 is 5.91 Å². The highest BCUT2D eigenvalue weighted by Crippen LogP contribution is 2.13. The van der Waals surface area contributed by atoms with Crippen LogP contribution in [0.25, 0.3) is 0 Å². The summed E-state index contributed by atoms with van der Waals surface area (Å²) in [4.78, 5) is 16.3. The van der Waals surface area contributed by atoms with Gasteiger partial charge in [-0.3, -0.25) is 4.79 Å². The first-order valence-electron chi connectivity index (χ1n) is 6.93. The van der Waals surface area contributed by atoms with E-state index in [0.29, 0.717) is 6.54 Å². The second-order valence-electron chi connectivity index (χ2n) is 5.49. The van der Waals surface area contributed by atoms with Gasteiger partial charge >= 0.3 is 0 Å². The number of carbonyl (C=O) groups is 1. The molecule has 0 aromatic rings. The minimum atomic E-state index is 0.288. The first kappa shape index (κ1) is 12.8. The van der Waals surface area contributed by atoms with E-state index in [1.165, 1.54) is 38.8 Å². The summed E-state index contributed by atoms with van der Waals surface area (Å²) in [5, 5.41) is 3.33. The van der Waals surface area contributed by atoms with Gasteiger partial charge in [-0.15, -0.1) is 0 Å². The first-order valence-corrected chi connectivity index (χ1v) is 6.93. The molecule has 0 spiro atoms. The van der Waals surface area contributed by atoms with Crippen molar-refractivity contribution in [3.63, 3.8) is 0 Å². The highest BCUT2D eigenvalue weighted by Gasteiger charge is 2.20. The van der Waals surface area contributed by atoms with Gasteiger partial charge in [-0.2, -0.15) is 0 Å². The molecule has 1 N–H and O–H groups in total. The van der Waals surface area contributed by atoms with Gasteiger partial charge in [0.2, 0.25) is 5.91 Å². The van der Waals surface area contributed by atoms with Crippen LogP contribution in [0.5, 0.6) is 0 Å². The van der Waals surface area contributed by atoms with Gasteiger partial charge in [0.25, 0.3) is 0 Å². The van der Waals surface area contributed by atoms with Crippen molar-refractivity contribution in [1.82, 2.24) is 15.1 Å². The standard InChI is InChI=1S/C13H25N3O/c1-15-8-5-12(11-15)9-14-10-13(17)16-6-3-2-4-7-16/h12,14H,2-11H2,1H3. The van der Waals surface area contributed by atoms with Gasteiger partial charge in [0.15, 0.2) is 0 Å². The second-order valence-corrected chi connectivity index (χ2v) is 5.49. The Hall–Kier alpha value is -0.610. The molecule has 0 aromatic carbocycles. The minimum Gasteiger partial charge on any atom is -0.342 e. The number of hydrogen-bond donors (Lipinski definition) is 1. The Kier molecular flexibility index (Phi) is 4.80. The maximum atomic E-state index is 11.9. The fourth-order valence-electron chi connectivity index (χ4n) is 2.83. The normalized spacial score (nSPS) is 26.4. The van der Waals surface area contributed by atoms with E-state index in [4.69, 9.17) is 0 Å². The molecule has 0 radical (unpaired) electrons. The number of nitrogens with zero attached hydrogens (tertiary/aromatic N) is 2. The minimum absolute atomic E-state index is 0.288. The molecule has 2 fully saturated rings. The summed E-state index contributed by atoms with van der Waals surface area (Å²) in [6.07, 6.45) is 4.91. The van der Waals surface area contributed by atoms with Crippen LogP contribution in [-0.2, 0) is 4.79 Å². The molecule has 98 valence electrons. The number of rotatable bonds is 4. The molecular weight excluding hydrogens is 214 g/mol. The molecule has 1 atom stereocenters. The van der Waals surface area contributed by atoms with E-state index in [1.807, 2.05) is 4.90 Å². The third kappa shape index (κ3) is 3.96. The predicted molar refractivity (Wildman–Crippen MR) is 68.9 cm³/mol. The topological polar surface area (TPSA) is 35.6 Å². The number of hydrogen-bond acceptors (Lipinski definition) is 3. The zero-order chi connectivity index (χ0) is 12.1. The van der Waals surface area contributed by atoms with Crippen LogP contribution in [0.2, 0.25) is 0 Å². The number of carbonyl (C=O) groups excluding carboxylic acids is 1. The summed E-state index contributed by atoms with van der Waals surface area (Å²) in [5.41, 5.74) is 0. The molecule has 2 rings (SSSR count). The molecule has 0 aliphatic carbocycles. The first-order chi connectivity index (χ1) is 8.25. The molecular formula is C13H25N3O. The molecule has 4 nitrogen and oxygen atoms in total. The zero-order valence-electron chi connectivity index (χ0n) is 11.0. The van der Waals surface area contributed by atoms with Crippen LogP contribution in [0.1, 0.15) is 25.7 Å². The van der Waals surface area contributed by atoms with E-state index in [0.717, 1.165) is 25.6 Å². The predicted octanol–water partition coefficient (Wildman–Crippen LogP) is 0.540. The molecule has 0 bridgehead atoms. The Morgan fingerprint density at radius 2 is 2.00 bits per heavy atom. The van der Waals surface area contributed by atoms with Crippen molar-refractivity contribution in [3.8, 4) is 0 Å². The average Bonchev–Trinajstić information content (AvgIpc) is 2.76. The number of piperidine rings is 1. The Morgan fingerprint density at radius 1 is 1.24 bits per heavy atom. The highest BCUT2D eigenvalue weighted by molar-refractivity contribution is 5.78. The second kappa shape index (κ2) is 6.36. The van der Waals surface area contributed by atoms with E-state index in [2.05, 4.69) is 17.3 Å². The molecule has 4 heteroatoms. The van der Waals surface area contributed by atoms with Gasteiger partial charge in [0.05, 0.1) is 6.54 Å².